The van der Waals surface area contributed by atoms with Crippen LogP contribution in [0.5, 0.6) is 0 Å². The second kappa shape index (κ2) is 7.88. The van der Waals surface area contributed by atoms with Crippen molar-refractivity contribution in [3.63, 3.8) is 0 Å². The zero-order valence-electron chi connectivity index (χ0n) is 11.6. The van der Waals surface area contributed by atoms with Crippen LogP contribution < -0.4 is 10.6 Å². The first kappa shape index (κ1) is 17.6. The van der Waals surface area contributed by atoms with Gasteiger partial charge in [0.05, 0.1) is 0 Å². The van der Waals surface area contributed by atoms with Gasteiger partial charge in [-0.05, 0) is 36.5 Å². The van der Waals surface area contributed by atoms with E-state index in [4.69, 9.17) is 17.3 Å². The number of hydrogen-bond donors (Lipinski definition) is 1. The summed E-state index contributed by atoms with van der Waals surface area (Å²) in [6, 6.07) is 6.13. The molecule has 1 aromatic carbocycles. The molecule has 18 heavy (non-hydrogen) atoms. The van der Waals surface area contributed by atoms with Gasteiger partial charge in [-0.2, -0.15) is 0 Å². The third kappa shape index (κ3) is 5.05. The Morgan fingerprint density at radius 3 is 2.28 bits per heavy atom. The second-order valence-corrected chi connectivity index (χ2v) is 5.59. The summed E-state index contributed by atoms with van der Waals surface area (Å²) in [5.41, 5.74) is 8.33. The number of rotatable bonds is 5. The van der Waals surface area contributed by atoms with E-state index < -0.39 is 0 Å². The highest BCUT2D eigenvalue weighted by Gasteiger charge is 2.11. The third-order valence-corrected chi connectivity index (χ3v) is 3.28. The fraction of sp³-hybridized carbons (Fsp3) is 0.571. The first-order valence-electron chi connectivity index (χ1n) is 6.14. The molecular formula is C14H24Cl2N2. The van der Waals surface area contributed by atoms with Crippen molar-refractivity contribution < 1.29 is 0 Å². The average molecular weight is 291 g/mol. The summed E-state index contributed by atoms with van der Waals surface area (Å²) in [7, 11) is 4.01. The van der Waals surface area contributed by atoms with Crippen LogP contribution >= 0.6 is 24.0 Å². The fourth-order valence-corrected chi connectivity index (χ4v) is 2.08. The highest BCUT2D eigenvalue weighted by Crippen LogP contribution is 2.29. The molecule has 0 unspecified atom stereocenters. The van der Waals surface area contributed by atoms with Gasteiger partial charge in [-0.15, -0.1) is 12.4 Å². The Morgan fingerprint density at radius 1 is 1.22 bits per heavy atom. The normalized spacial score (nSPS) is 12.2. The maximum absolute atomic E-state index is 6.28. The summed E-state index contributed by atoms with van der Waals surface area (Å²) in [6.45, 7) is 4.42. The summed E-state index contributed by atoms with van der Waals surface area (Å²) >= 11 is 6.28. The van der Waals surface area contributed by atoms with E-state index in [-0.39, 0.29) is 18.4 Å². The molecule has 0 saturated heterocycles. The Morgan fingerprint density at radius 2 is 1.83 bits per heavy atom. The summed E-state index contributed by atoms with van der Waals surface area (Å²) in [6.07, 6.45) is 2.12. The van der Waals surface area contributed by atoms with Crippen molar-refractivity contribution in [1.29, 1.82) is 0 Å². The molecule has 1 aromatic rings. The molecule has 0 saturated carbocycles. The average Bonchev–Trinajstić information content (AvgIpc) is 2.25. The minimum absolute atomic E-state index is 0. The van der Waals surface area contributed by atoms with E-state index >= 15 is 0 Å². The van der Waals surface area contributed by atoms with Crippen LogP contribution in [0.4, 0.5) is 5.69 Å². The summed E-state index contributed by atoms with van der Waals surface area (Å²) in [5, 5.41) is 0.771. The summed E-state index contributed by atoms with van der Waals surface area (Å²) in [4.78, 5) is 2.04. The molecular weight excluding hydrogens is 267 g/mol. The first-order valence-corrected chi connectivity index (χ1v) is 6.52. The van der Waals surface area contributed by atoms with E-state index in [9.17, 15) is 0 Å². The Balaban J connectivity index is 0.00000289. The molecule has 1 rings (SSSR count). The van der Waals surface area contributed by atoms with Crippen LogP contribution in [-0.2, 0) is 0 Å². The van der Waals surface area contributed by atoms with Crippen molar-refractivity contribution >= 4 is 29.7 Å². The lowest BCUT2D eigenvalue weighted by Gasteiger charge is -2.18. The van der Waals surface area contributed by atoms with Crippen LogP contribution in [0.25, 0.3) is 0 Å². The van der Waals surface area contributed by atoms with Crippen molar-refractivity contribution in [1.82, 2.24) is 0 Å². The van der Waals surface area contributed by atoms with Crippen molar-refractivity contribution in [3.05, 3.63) is 28.8 Å². The van der Waals surface area contributed by atoms with Gasteiger partial charge in [0.1, 0.15) is 0 Å². The first-order chi connectivity index (χ1) is 7.91. The molecule has 2 N–H and O–H groups in total. The van der Waals surface area contributed by atoms with Crippen molar-refractivity contribution in [2.75, 3.05) is 19.0 Å². The van der Waals surface area contributed by atoms with Crippen LogP contribution in [0.3, 0.4) is 0 Å². The van der Waals surface area contributed by atoms with E-state index in [1.54, 1.807) is 0 Å². The molecule has 104 valence electrons. The van der Waals surface area contributed by atoms with Crippen LogP contribution in [0, 0.1) is 5.92 Å². The molecule has 1 atom stereocenters. The van der Waals surface area contributed by atoms with Crippen molar-refractivity contribution in [3.8, 4) is 0 Å². The van der Waals surface area contributed by atoms with Gasteiger partial charge in [0, 0.05) is 30.8 Å². The van der Waals surface area contributed by atoms with Gasteiger partial charge < -0.3 is 10.6 Å². The standard InChI is InChI=1S/C14H23ClN2.ClH/c1-10(2)5-8-14(16)12-7-6-11(17(3)4)9-13(12)15;/h6-7,9-10,14H,5,8,16H2,1-4H3;1H/t14-;/m0./s1. The molecule has 2 nitrogen and oxygen atoms in total. The van der Waals surface area contributed by atoms with Crippen LogP contribution in [0.2, 0.25) is 5.02 Å². The largest absolute Gasteiger partial charge is 0.378 e. The van der Waals surface area contributed by atoms with Gasteiger partial charge in [0.15, 0.2) is 0 Å². The molecule has 0 spiro atoms. The molecule has 0 heterocycles. The van der Waals surface area contributed by atoms with Crippen molar-refractivity contribution in [2.24, 2.45) is 11.7 Å². The molecule has 0 aliphatic rings. The second-order valence-electron chi connectivity index (χ2n) is 5.18. The SMILES string of the molecule is CC(C)CC[C@H](N)c1ccc(N(C)C)cc1Cl.Cl. The highest BCUT2D eigenvalue weighted by molar-refractivity contribution is 6.31. The van der Waals surface area contributed by atoms with E-state index in [0.29, 0.717) is 5.92 Å². The Kier molecular flexibility index (Phi) is 7.69. The van der Waals surface area contributed by atoms with Crippen LogP contribution in [0.1, 0.15) is 38.3 Å². The molecule has 0 radical (unpaired) electrons. The smallest absolute Gasteiger partial charge is 0.0474 e. The summed E-state index contributed by atoms with van der Waals surface area (Å²) in [5.74, 6) is 0.681. The number of nitrogens with zero attached hydrogens (tertiary/aromatic N) is 1. The number of halogens is 2. The van der Waals surface area contributed by atoms with Gasteiger partial charge in [-0.3, -0.25) is 0 Å². The van der Waals surface area contributed by atoms with E-state index in [1.165, 1.54) is 0 Å². The number of hydrogen-bond acceptors (Lipinski definition) is 2. The lowest BCUT2D eigenvalue weighted by Crippen LogP contribution is -2.13. The molecule has 0 aromatic heterocycles. The lowest BCUT2D eigenvalue weighted by atomic mass is 9.98. The molecule has 4 heteroatoms. The quantitative estimate of drug-likeness (QED) is 0.878. The molecule has 0 amide bonds. The Hall–Kier alpha value is -0.440. The zero-order valence-corrected chi connectivity index (χ0v) is 13.2. The van der Waals surface area contributed by atoms with Gasteiger partial charge in [-0.25, -0.2) is 0 Å². The van der Waals surface area contributed by atoms with E-state index in [1.807, 2.05) is 31.1 Å². The van der Waals surface area contributed by atoms with E-state index in [0.717, 1.165) is 29.1 Å². The number of nitrogens with two attached hydrogens (primary N) is 1. The molecule has 0 bridgehead atoms. The maximum atomic E-state index is 6.28. The molecule has 0 aliphatic heterocycles. The topological polar surface area (TPSA) is 29.3 Å². The lowest BCUT2D eigenvalue weighted by molar-refractivity contribution is 0.507. The zero-order chi connectivity index (χ0) is 13.0. The van der Waals surface area contributed by atoms with E-state index in [2.05, 4.69) is 19.9 Å². The number of anilines is 1. The van der Waals surface area contributed by atoms with Crippen LogP contribution in [-0.4, -0.2) is 14.1 Å². The van der Waals surface area contributed by atoms with Crippen LogP contribution in [0.15, 0.2) is 18.2 Å². The van der Waals surface area contributed by atoms with Gasteiger partial charge in [0.25, 0.3) is 0 Å². The minimum Gasteiger partial charge on any atom is -0.378 e. The number of benzene rings is 1. The van der Waals surface area contributed by atoms with Gasteiger partial charge in [0.2, 0.25) is 0 Å². The predicted octanol–water partition coefficient (Wildman–Crippen LogP) is 4.26. The van der Waals surface area contributed by atoms with Crippen molar-refractivity contribution in [2.45, 2.75) is 32.7 Å². The van der Waals surface area contributed by atoms with Gasteiger partial charge in [-0.1, -0.05) is 31.5 Å². The third-order valence-electron chi connectivity index (χ3n) is 2.95. The van der Waals surface area contributed by atoms with Gasteiger partial charge >= 0.3 is 0 Å². The minimum atomic E-state index is 0. The Labute approximate surface area is 122 Å². The highest BCUT2D eigenvalue weighted by atomic mass is 35.5. The maximum Gasteiger partial charge on any atom is 0.0474 e. The predicted molar refractivity (Wildman–Crippen MR) is 84.0 cm³/mol. The fourth-order valence-electron chi connectivity index (χ4n) is 1.76. The monoisotopic (exact) mass is 290 g/mol. The molecule has 0 aliphatic carbocycles. The Bertz CT molecular complexity index is 365. The molecule has 0 fully saturated rings. The summed E-state index contributed by atoms with van der Waals surface area (Å²) < 4.78 is 0.